The summed E-state index contributed by atoms with van der Waals surface area (Å²) in [5.41, 5.74) is 6.84. The summed E-state index contributed by atoms with van der Waals surface area (Å²) in [6.07, 6.45) is 0. The average molecular weight is 226 g/mol. The number of rotatable bonds is 0. The Labute approximate surface area is 105 Å². The molecule has 0 heteroatoms. The minimum absolute atomic E-state index is 1.35. The highest BCUT2D eigenvalue weighted by Crippen LogP contribution is 2.07. The normalized spacial score (nSPS) is 9.47. The lowest BCUT2D eigenvalue weighted by Gasteiger charge is -1.98. The molecule has 0 bridgehead atoms. The molecule has 17 heavy (non-hydrogen) atoms. The van der Waals surface area contributed by atoms with Crippen molar-refractivity contribution >= 4 is 0 Å². The van der Waals surface area contributed by atoms with Crippen molar-refractivity contribution in [1.29, 1.82) is 0 Å². The summed E-state index contributed by atoms with van der Waals surface area (Å²) in [6.45, 7) is 10.6. The molecule has 0 aliphatic heterocycles. The van der Waals surface area contributed by atoms with E-state index in [9.17, 15) is 0 Å². The smallest absolute Gasteiger partial charge is 0.0395 e. The van der Waals surface area contributed by atoms with Crippen molar-refractivity contribution < 1.29 is 0 Å². The zero-order valence-corrected chi connectivity index (χ0v) is 11.5. The molecule has 0 saturated heterocycles. The molecule has 0 saturated carbocycles. The predicted molar refractivity (Wildman–Crippen MR) is 76.6 cm³/mol. The van der Waals surface area contributed by atoms with Gasteiger partial charge in [-0.25, -0.2) is 0 Å². The van der Waals surface area contributed by atoms with Gasteiger partial charge in [-0.15, -0.1) is 0 Å². The van der Waals surface area contributed by atoms with Crippen LogP contribution in [0.2, 0.25) is 0 Å². The van der Waals surface area contributed by atoms with Crippen molar-refractivity contribution in [2.75, 3.05) is 0 Å². The summed E-state index contributed by atoms with van der Waals surface area (Å²) in [6, 6.07) is 14.9. The van der Waals surface area contributed by atoms with Crippen molar-refractivity contribution in [2.24, 2.45) is 0 Å². The van der Waals surface area contributed by atoms with Crippen LogP contribution >= 0.6 is 0 Å². The van der Waals surface area contributed by atoms with Crippen LogP contribution < -0.4 is 0 Å². The lowest BCUT2D eigenvalue weighted by atomic mass is 10.1. The highest BCUT2D eigenvalue weighted by Gasteiger charge is 1.89. The summed E-state index contributed by atoms with van der Waals surface area (Å²) < 4.78 is 0. The second-order valence-corrected chi connectivity index (χ2v) is 4.67. The Bertz CT molecular complexity index is 460. The number of hydrogen-bond donors (Lipinski definition) is 0. The lowest BCUT2D eigenvalue weighted by molar-refractivity contribution is 1.30. The number of hydrogen-bond acceptors (Lipinski definition) is 0. The SMILES string of the molecule is Cc1ccc(C)c(C)c1.Cc1ccccc1C. The molecule has 0 radical (unpaired) electrons. The third-order valence-corrected chi connectivity index (χ3v) is 3.09. The first kappa shape index (κ1) is 13.5. The van der Waals surface area contributed by atoms with Crippen LogP contribution in [0.25, 0.3) is 0 Å². The monoisotopic (exact) mass is 226 g/mol. The zero-order valence-electron chi connectivity index (χ0n) is 11.5. The van der Waals surface area contributed by atoms with Gasteiger partial charge in [0, 0.05) is 0 Å². The highest BCUT2D eigenvalue weighted by atomic mass is 13.9. The van der Waals surface area contributed by atoms with E-state index < -0.39 is 0 Å². The van der Waals surface area contributed by atoms with Crippen molar-refractivity contribution in [3.63, 3.8) is 0 Å². The largest absolute Gasteiger partial charge is 0.0620 e. The Hall–Kier alpha value is -1.56. The molecule has 0 nitrogen and oxygen atoms in total. The minimum Gasteiger partial charge on any atom is -0.0620 e. The molecule has 0 atom stereocenters. The van der Waals surface area contributed by atoms with E-state index in [0.29, 0.717) is 0 Å². The summed E-state index contributed by atoms with van der Waals surface area (Å²) in [4.78, 5) is 0. The lowest BCUT2D eigenvalue weighted by Crippen LogP contribution is -1.79. The molecule has 0 fully saturated rings. The molecular weight excluding hydrogens is 204 g/mol. The Balaban J connectivity index is 0.000000171. The van der Waals surface area contributed by atoms with Gasteiger partial charge in [0.2, 0.25) is 0 Å². The predicted octanol–water partition coefficient (Wildman–Crippen LogP) is 4.92. The van der Waals surface area contributed by atoms with Gasteiger partial charge in [-0.05, 0) is 56.9 Å². The summed E-state index contributed by atoms with van der Waals surface area (Å²) in [5.74, 6) is 0. The first-order valence-electron chi connectivity index (χ1n) is 6.07. The van der Waals surface area contributed by atoms with Gasteiger partial charge in [0.1, 0.15) is 0 Å². The zero-order chi connectivity index (χ0) is 12.8. The summed E-state index contributed by atoms with van der Waals surface area (Å²) in [5, 5.41) is 0. The van der Waals surface area contributed by atoms with E-state index >= 15 is 0 Å². The fraction of sp³-hybridized carbons (Fsp3) is 0.294. The van der Waals surface area contributed by atoms with Crippen LogP contribution in [0, 0.1) is 34.6 Å². The molecule has 0 spiro atoms. The molecular formula is C17H22. The van der Waals surface area contributed by atoms with Crippen LogP contribution in [-0.4, -0.2) is 0 Å². The van der Waals surface area contributed by atoms with E-state index in [-0.39, 0.29) is 0 Å². The van der Waals surface area contributed by atoms with Crippen LogP contribution in [0.5, 0.6) is 0 Å². The van der Waals surface area contributed by atoms with Gasteiger partial charge >= 0.3 is 0 Å². The van der Waals surface area contributed by atoms with Gasteiger partial charge in [0.05, 0.1) is 0 Å². The standard InChI is InChI=1S/C9H12.C8H10/c1-7-4-5-8(2)9(3)6-7;1-7-5-3-4-6-8(7)2/h4-6H,1-3H3;3-6H,1-2H3. The number of aryl methyl sites for hydroxylation is 5. The maximum atomic E-state index is 2.20. The third-order valence-electron chi connectivity index (χ3n) is 3.09. The second-order valence-electron chi connectivity index (χ2n) is 4.67. The van der Waals surface area contributed by atoms with Gasteiger partial charge in [-0.1, -0.05) is 48.0 Å². The minimum atomic E-state index is 1.35. The molecule has 0 heterocycles. The van der Waals surface area contributed by atoms with E-state index in [1.807, 2.05) is 0 Å². The quantitative estimate of drug-likeness (QED) is 0.598. The van der Waals surface area contributed by atoms with E-state index in [1.165, 1.54) is 27.8 Å². The Kier molecular flexibility index (Phi) is 4.96. The Morgan fingerprint density at radius 2 is 1.00 bits per heavy atom. The van der Waals surface area contributed by atoms with Gasteiger partial charge < -0.3 is 0 Å². The summed E-state index contributed by atoms with van der Waals surface area (Å²) in [7, 11) is 0. The molecule has 2 aromatic carbocycles. The first-order chi connectivity index (χ1) is 8.00. The van der Waals surface area contributed by atoms with Gasteiger partial charge in [-0.3, -0.25) is 0 Å². The maximum Gasteiger partial charge on any atom is -0.0395 e. The van der Waals surface area contributed by atoms with Gasteiger partial charge in [0.15, 0.2) is 0 Å². The maximum absolute atomic E-state index is 2.20. The fourth-order valence-corrected chi connectivity index (χ4v) is 1.55. The first-order valence-corrected chi connectivity index (χ1v) is 6.07. The average Bonchev–Trinajstić information content (AvgIpc) is 2.29. The summed E-state index contributed by atoms with van der Waals surface area (Å²) >= 11 is 0. The molecule has 0 aliphatic carbocycles. The molecule has 2 rings (SSSR count). The Morgan fingerprint density at radius 3 is 1.35 bits per heavy atom. The molecule has 2 aromatic rings. The third kappa shape index (κ3) is 4.44. The van der Waals surface area contributed by atoms with E-state index in [4.69, 9.17) is 0 Å². The van der Waals surface area contributed by atoms with Crippen molar-refractivity contribution in [2.45, 2.75) is 34.6 Å². The van der Waals surface area contributed by atoms with Gasteiger partial charge in [-0.2, -0.15) is 0 Å². The van der Waals surface area contributed by atoms with Crippen LogP contribution in [-0.2, 0) is 0 Å². The van der Waals surface area contributed by atoms with Gasteiger partial charge in [0.25, 0.3) is 0 Å². The molecule has 90 valence electrons. The Morgan fingerprint density at radius 1 is 0.529 bits per heavy atom. The topological polar surface area (TPSA) is 0 Å². The second kappa shape index (κ2) is 6.24. The van der Waals surface area contributed by atoms with E-state index in [2.05, 4.69) is 77.1 Å². The molecule has 0 unspecified atom stereocenters. The van der Waals surface area contributed by atoms with Crippen molar-refractivity contribution in [3.05, 3.63) is 70.3 Å². The fourth-order valence-electron chi connectivity index (χ4n) is 1.55. The van der Waals surface area contributed by atoms with Crippen molar-refractivity contribution in [3.8, 4) is 0 Å². The van der Waals surface area contributed by atoms with Crippen LogP contribution in [0.15, 0.2) is 42.5 Å². The van der Waals surface area contributed by atoms with Crippen molar-refractivity contribution in [1.82, 2.24) is 0 Å². The van der Waals surface area contributed by atoms with E-state index in [1.54, 1.807) is 0 Å². The van der Waals surface area contributed by atoms with Crippen LogP contribution in [0.3, 0.4) is 0 Å². The molecule has 0 N–H and O–H groups in total. The molecule has 0 aliphatic rings. The molecule has 0 amide bonds. The van der Waals surface area contributed by atoms with E-state index in [0.717, 1.165) is 0 Å². The van der Waals surface area contributed by atoms with Crippen LogP contribution in [0.1, 0.15) is 27.8 Å². The number of benzene rings is 2. The highest BCUT2D eigenvalue weighted by molar-refractivity contribution is 5.28. The molecule has 0 aromatic heterocycles. The van der Waals surface area contributed by atoms with Crippen LogP contribution in [0.4, 0.5) is 0 Å².